The van der Waals surface area contributed by atoms with E-state index in [0.717, 1.165) is 29.7 Å². The fourth-order valence-electron chi connectivity index (χ4n) is 4.06. The van der Waals surface area contributed by atoms with E-state index in [4.69, 9.17) is 0 Å². The number of fused-ring (bicyclic) bond motifs is 1. The molecule has 5 rings (SSSR count). The smallest absolute Gasteiger partial charge is 0.235 e. The average Bonchev–Trinajstić information content (AvgIpc) is 3.28. The molecule has 31 heavy (non-hydrogen) atoms. The van der Waals surface area contributed by atoms with E-state index in [0.29, 0.717) is 12.2 Å². The van der Waals surface area contributed by atoms with Crippen molar-refractivity contribution in [2.24, 2.45) is 0 Å². The number of imidazole rings is 1. The summed E-state index contributed by atoms with van der Waals surface area (Å²) in [7, 11) is 0. The molecular formula is C25H27N5O. The first kappa shape index (κ1) is 19.5. The van der Waals surface area contributed by atoms with Crippen molar-refractivity contribution in [2.75, 3.05) is 5.32 Å². The Balaban J connectivity index is 1.28. The van der Waals surface area contributed by atoms with Crippen LogP contribution in [0.25, 0.3) is 5.65 Å². The third-order valence-corrected chi connectivity index (χ3v) is 6.12. The zero-order valence-electron chi connectivity index (χ0n) is 18.2. The summed E-state index contributed by atoms with van der Waals surface area (Å²) in [6.07, 6.45) is 9.29. The molecule has 1 amide bonds. The Bertz CT molecular complexity index is 1210. The van der Waals surface area contributed by atoms with Gasteiger partial charge in [-0.05, 0) is 41.5 Å². The number of carbonyl (C=O) groups is 1. The number of anilines is 1. The summed E-state index contributed by atoms with van der Waals surface area (Å²) in [5.41, 5.74) is 4.60. The largest absolute Gasteiger partial charge is 0.323 e. The second-order valence-corrected chi connectivity index (χ2v) is 9.49. The SMILES string of the molecule is CC(C)(C)c1ccc(C2(C(=O)Nc3cnn(Cc4cn5ccccc5n4)c3)CC2)cc1. The van der Waals surface area contributed by atoms with Crippen molar-refractivity contribution in [3.63, 3.8) is 0 Å². The minimum absolute atomic E-state index is 0.0447. The average molecular weight is 414 g/mol. The molecule has 1 N–H and O–H groups in total. The highest BCUT2D eigenvalue weighted by atomic mass is 16.2. The molecule has 1 saturated carbocycles. The van der Waals surface area contributed by atoms with E-state index in [-0.39, 0.29) is 11.3 Å². The number of amides is 1. The number of nitrogens with zero attached hydrogens (tertiary/aromatic N) is 4. The van der Waals surface area contributed by atoms with Crippen molar-refractivity contribution < 1.29 is 4.79 Å². The van der Waals surface area contributed by atoms with Crippen LogP contribution in [0, 0.1) is 0 Å². The van der Waals surface area contributed by atoms with Gasteiger partial charge in [0.25, 0.3) is 0 Å². The van der Waals surface area contributed by atoms with E-state index in [2.05, 4.69) is 60.4 Å². The van der Waals surface area contributed by atoms with Crippen LogP contribution in [-0.4, -0.2) is 25.1 Å². The molecular weight excluding hydrogens is 386 g/mol. The second-order valence-electron chi connectivity index (χ2n) is 9.49. The Morgan fingerprint density at radius 3 is 2.55 bits per heavy atom. The Morgan fingerprint density at radius 1 is 1.10 bits per heavy atom. The lowest BCUT2D eigenvalue weighted by atomic mass is 9.85. The minimum atomic E-state index is -0.417. The molecule has 3 heterocycles. The quantitative estimate of drug-likeness (QED) is 0.522. The number of carbonyl (C=O) groups excluding carboxylic acids is 1. The highest BCUT2D eigenvalue weighted by molar-refractivity contribution is 6.01. The maximum atomic E-state index is 13.1. The van der Waals surface area contributed by atoms with Gasteiger partial charge in [-0.3, -0.25) is 9.48 Å². The van der Waals surface area contributed by atoms with Gasteiger partial charge in [0.1, 0.15) is 5.65 Å². The third kappa shape index (κ3) is 3.74. The standard InChI is InChI=1S/C25H27N5O/c1-24(2,3)18-7-9-19(10-8-18)25(11-12-25)23(31)28-20-14-26-30(16-20)17-21-15-29-13-5-4-6-22(29)27-21/h4-10,13-16H,11-12,17H2,1-3H3,(H,28,31). The number of aromatic nitrogens is 4. The zero-order valence-corrected chi connectivity index (χ0v) is 18.2. The summed E-state index contributed by atoms with van der Waals surface area (Å²) >= 11 is 0. The van der Waals surface area contributed by atoms with Crippen molar-refractivity contribution in [3.8, 4) is 0 Å². The van der Waals surface area contributed by atoms with Crippen molar-refractivity contribution in [2.45, 2.75) is 51.0 Å². The molecule has 3 aromatic heterocycles. The summed E-state index contributed by atoms with van der Waals surface area (Å²) in [4.78, 5) is 17.7. The Hall–Kier alpha value is -3.41. The molecule has 1 aromatic carbocycles. The predicted molar refractivity (Wildman–Crippen MR) is 121 cm³/mol. The number of rotatable bonds is 5. The normalized spacial score (nSPS) is 15.2. The third-order valence-electron chi connectivity index (χ3n) is 6.12. The molecule has 0 radical (unpaired) electrons. The highest BCUT2D eigenvalue weighted by Crippen LogP contribution is 2.49. The summed E-state index contributed by atoms with van der Waals surface area (Å²) in [6.45, 7) is 7.15. The van der Waals surface area contributed by atoms with Gasteiger partial charge in [-0.2, -0.15) is 5.10 Å². The topological polar surface area (TPSA) is 64.2 Å². The molecule has 0 aliphatic heterocycles. The lowest BCUT2D eigenvalue weighted by Gasteiger charge is -2.21. The van der Waals surface area contributed by atoms with E-state index >= 15 is 0 Å². The molecule has 0 saturated heterocycles. The fourth-order valence-corrected chi connectivity index (χ4v) is 4.06. The molecule has 1 fully saturated rings. The van der Waals surface area contributed by atoms with Crippen LogP contribution in [0.4, 0.5) is 5.69 Å². The number of pyridine rings is 1. The summed E-state index contributed by atoms with van der Waals surface area (Å²) < 4.78 is 3.79. The molecule has 6 heteroatoms. The maximum Gasteiger partial charge on any atom is 0.235 e. The molecule has 1 aliphatic rings. The molecule has 0 spiro atoms. The summed E-state index contributed by atoms with van der Waals surface area (Å²) in [5.74, 6) is 0.0447. The first-order chi connectivity index (χ1) is 14.8. The Kier molecular flexibility index (Phi) is 4.46. The Labute approximate surface area is 181 Å². The van der Waals surface area contributed by atoms with Gasteiger partial charge in [0.05, 0.1) is 29.5 Å². The van der Waals surface area contributed by atoms with E-state index in [1.54, 1.807) is 10.9 Å². The van der Waals surface area contributed by atoms with Gasteiger partial charge >= 0.3 is 0 Å². The first-order valence-corrected chi connectivity index (χ1v) is 10.7. The van der Waals surface area contributed by atoms with Crippen molar-refractivity contribution in [1.82, 2.24) is 19.2 Å². The number of nitrogens with one attached hydrogen (secondary N) is 1. The number of hydrogen-bond donors (Lipinski definition) is 1. The van der Waals surface area contributed by atoms with Crippen LogP contribution in [0.3, 0.4) is 0 Å². The van der Waals surface area contributed by atoms with E-state index in [1.807, 2.05) is 41.2 Å². The van der Waals surface area contributed by atoms with Gasteiger partial charge < -0.3 is 9.72 Å². The molecule has 0 bridgehead atoms. The first-order valence-electron chi connectivity index (χ1n) is 10.7. The zero-order chi connectivity index (χ0) is 21.6. The predicted octanol–water partition coefficient (Wildman–Crippen LogP) is 4.55. The molecule has 0 atom stereocenters. The Morgan fingerprint density at radius 2 is 1.87 bits per heavy atom. The van der Waals surface area contributed by atoms with E-state index in [1.165, 1.54) is 5.56 Å². The van der Waals surface area contributed by atoms with Crippen LogP contribution in [-0.2, 0) is 22.2 Å². The van der Waals surface area contributed by atoms with Gasteiger partial charge in [-0.1, -0.05) is 51.1 Å². The van der Waals surface area contributed by atoms with Gasteiger partial charge in [0.15, 0.2) is 0 Å². The fraction of sp³-hybridized carbons (Fsp3) is 0.320. The molecule has 0 unspecified atom stereocenters. The molecule has 6 nitrogen and oxygen atoms in total. The van der Waals surface area contributed by atoms with Gasteiger partial charge in [-0.15, -0.1) is 0 Å². The number of benzene rings is 1. The van der Waals surface area contributed by atoms with Crippen LogP contribution in [0.2, 0.25) is 0 Å². The van der Waals surface area contributed by atoms with Gasteiger partial charge in [0, 0.05) is 18.6 Å². The van der Waals surface area contributed by atoms with Crippen LogP contribution < -0.4 is 5.32 Å². The van der Waals surface area contributed by atoms with Crippen molar-refractivity contribution >= 4 is 17.2 Å². The van der Waals surface area contributed by atoms with Crippen LogP contribution in [0.1, 0.15) is 50.4 Å². The van der Waals surface area contributed by atoms with E-state index < -0.39 is 5.41 Å². The summed E-state index contributed by atoms with van der Waals surface area (Å²) in [5, 5.41) is 7.47. The lowest BCUT2D eigenvalue weighted by molar-refractivity contribution is -0.118. The number of hydrogen-bond acceptors (Lipinski definition) is 3. The van der Waals surface area contributed by atoms with Crippen LogP contribution >= 0.6 is 0 Å². The van der Waals surface area contributed by atoms with Gasteiger partial charge in [0.2, 0.25) is 5.91 Å². The van der Waals surface area contributed by atoms with Crippen molar-refractivity contribution in [3.05, 3.63) is 84.1 Å². The molecule has 4 aromatic rings. The van der Waals surface area contributed by atoms with Crippen LogP contribution in [0.5, 0.6) is 0 Å². The molecule has 1 aliphatic carbocycles. The van der Waals surface area contributed by atoms with Crippen LogP contribution in [0.15, 0.2) is 67.3 Å². The van der Waals surface area contributed by atoms with E-state index in [9.17, 15) is 4.79 Å². The van der Waals surface area contributed by atoms with Gasteiger partial charge in [-0.25, -0.2) is 4.98 Å². The lowest BCUT2D eigenvalue weighted by Crippen LogP contribution is -2.27. The van der Waals surface area contributed by atoms with Crippen molar-refractivity contribution in [1.29, 1.82) is 0 Å². The second kappa shape index (κ2) is 7.08. The monoisotopic (exact) mass is 413 g/mol. The summed E-state index contributed by atoms with van der Waals surface area (Å²) in [6, 6.07) is 14.4. The minimum Gasteiger partial charge on any atom is -0.323 e. The molecule has 158 valence electrons. The highest BCUT2D eigenvalue weighted by Gasteiger charge is 2.51. The maximum absolute atomic E-state index is 13.1.